The molecule has 0 spiro atoms. The second-order valence-corrected chi connectivity index (χ2v) is 9.49. The van der Waals surface area contributed by atoms with Crippen molar-refractivity contribution in [1.29, 1.82) is 0 Å². The lowest BCUT2D eigenvalue weighted by Gasteiger charge is -2.25. The highest BCUT2D eigenvalue weighted by molar-refractivity contribution is 6.05. The van der Waals surface area contributed by atoms with Gasteiger partial charge < -0.3 is 10.2 Å². The third kappa shape index (κ3) is 2.43. The zero-order valence-corrected chi connectivity index (χ0v) is 16.2. The number of fused-ring (bicyclic) bond motifs is 2. The van der Waals surface area contributed by atoms with Crippen molar-refractivity contribution in [3.63, 3.8) is 0 Å². The first kappa shape index (κ1) is 16.6. The first-order valence-corrected chi connectivity index (χ1v) is 10.6. The van der Waals surface area contributed by atoms with E-state index in [1.165, 1.54) is 12.8 Å². The van der Waals surface area contributed by atoms with Crippen molar-refractivity contribution in [3.8, 4) is 0 Å². The van der Waals surface area contributed by atoms with Crippen LogP contribution in [0.2, 0.25) is 0 Å². The lowest BCUT2D eigenvalue weighted by molar-refractivity contribution is -0.137. The normalized spacial score (nSPS) is 29.6. The zero-order chi connectivity index (χ0) is 19.0. The number of amides is 2. The van der Waals surface area contributed by atoms with Gasteiger partial charge in [0.15, 0.2) is 0 Å². The number of piperidine rings is 1. The van der Waals surface area contributed by atoms with Gasteiger partial charge in [0.25, 0.3) is 5.91 Å². The van der Waals surface area contributed by atoms with Gasteiger partial charge in [0.2, 0.25) is 5.91 Å². The molecule has 6 heteroatoms. The Bertz CT molecular complexity index is 976. The quantitative estimate of drug-likeness (QED) is 0.839. The molecule has 4 aliphatic rings. The second-order valence-electron chi connectivity index (χ2n) is 9.49. The summed E-state index contributed by atoms with van der Waals surface area (Å²) in [6.45, 7) is 4.49. The molecule has 3 aliphatic carbocycles. The molecular formula is C22H26N4O2. The van der Waals surface area contributed by atoms with E-state index in [2.05, 4.69) is 20.4 Å². The van der Waals surface area contributed by atoms with Crippen molar-refractivity contribution in [3.05, 3.63) is 29.5 Å². The van der Waals surface area contributed by atoms with E-state index in [1.807, 2.05) is 19.1 Å². The first-order valence-electron chi connectivity index (χ1n) is 10.6. The predicted molar refractivity (Wildman–Crippen MR) is 105 cm³/mol. The van der Waals surface area contributed by atoms with E-state index >= 15 is 0 Å². The lowest BCUT2D eigenvalue weighted by atomic mass is 9.98. The van der Waals surface area contributed by atoms with E-state index in [1.54, 1.807) is 6.20 Å². The SMILES string of the molecule is Cc1cc(C(=O)NCC2C3CN(C(=O)C4(C5CC5)CC4)CC23)c2[nH]ncc2c1. The monoisotopic (exact) mass is 378 g/mol. The second kappa shape index (κ2) is 5.58. The van der Waals surface area contributed by atoms with Crippen molar-refractivity contribution in [1.82, 2.24) is 20.4 Å². The number of carbonyl (C=O) groups is 2. The van der Waals surface area contributed by atoms with Crippen LogP contribution in [-0.2, 0) is 4.79 Å². The number of benzene rings is 1. The van der Waals surface area contributed by atoms with Crippen molar-refractivity contribution >= 4 is 22.7 Å². The van der Waals surface area contributed by atoms with Crippen LogP contribution < -0.4 is 5.32 Å². The van der Waals surface area contributed by atoms with E-state index in [4.69, 9.17) is 0 Å². The Kier molecular flexibility index (Phi) is 3.30. The Balaban J connectivity index is 1.06. The molecule has 0 radical (unpaired) electrons. The maximum atomic E-state index is 12.9. The number of nitrogens with zero attached hydrogens (tertiary/aromatic N) is 2. The molecule has 1 aromatic heterocycles. The summed E-state index contributed by atoms with van der Waals surface area (Å²) in [7, 11) is 0. The summed E-state index contributed by atoms with van der Waals surface area (Å²) in [4.78, 5) is 27.8. The van der Waals surface area contributed by atoms with Crippen molar-refractivity contribution in [2.45, 2.75) is 32.6 Å². The molecule has 2 heterocycles. The number of carbonyl (C=O) groups excluding carboxylic acids is 2. The third-order valence-corrected chi connectivity index (χ3v) is 7.67. The lowest BCUT2D eigenvalue weighted by Crippen LogP contribution is -2.39. The van der Waals surface area contributed by atoms with Gasteiger partial charge in [-0.05, 0) is 74.0 Å². The van der Waals surface area contributed by atoms with Gasteiger partial charge in [-0.15, -0.1) is 0 Å². The minimum Gasteiger partial charge on any atom is -0.352 e. The van der Waals surface area contributed by atoms with Gasteiger partial charge >= 0.3 is 0 Å². The Morgan fingerprint density at radius 2 is 2.00 bits per heavy atom. The summed E-state index contributed by atoms with van der Waals surface area (Å²) in [5.41, 5.74) is 2.56. The molecule has 28 heavy (non-hydrogen) atoms. The van der Waals surface area contributed by atoms with Gasteiger partial charge in [-0.1, -0.05) is 0 Å². The van der Waals surface area contributed by atoms with Crippen LogP contribution in [0.3, 0.4) is 0 Å². The molecule has 6 rings (SSSR count). The van der Waals surface area contributed by atoms with Crippen molar-refractivity contribution < 1.29 is 9.59 Å². The van der Waals surface area contributed by atoms with Crippen LogP contribution >= 0.6 is 0 Å². The molecule has 2 amide bonds. The maximum Gasteiger partial charge on any atom is 0.253 e. The fourth-order valence-electron chi connectivity index (χ4n) is 5.69. The predicted octanol–water partition coefficient (Wildman–Crippen LogP) is 2.50. The number of aryl methyl sites for hydroxylation is 1. The Labute approximate surface area is 164 Å². The molecule has 2 unspecified atom stereocenters. The van der Waals surface area contributed by atoms with Gasteiger partial charge in [-0.3, -0.25) is 14.7 Å². The molecule has 3 saturated carbocycles. The highest BCUT2D eigenvalue weighted by atomic mass is 16.2. The molecule has 2 aromatic rings. The molecular weight excluding hydrogens is 352 g/mol. The van der Waals surface area contributed by atoms with E-state index in [-0.39, 0.29) is 11.3 Å². The molecule has 2 atom stereocenters. The Hall–Kier alpha value is -2.37. The van der Waals surface area contributed by atoms with Gasteiger partial charge in [-0.2, -0.15) is 5.10 Å². The summed E-state index contributed by atoms with van der Waals surface area (Å²) < 4.78 is 0. The number of H-pyrrole nitrogens is 1. The topological polar surface area (TPSA) is 78.1 Å². The number of hydrogen-bond donors (Lipinski definition) is 2. The molecule has 1 aliphatic heterocycles. The van der Waals surface area contributed by atoms with E-state index in [0.717, 1.165) is 42.4 Å². The molecule has 4 fully saturated rings. The van der Waals surface area contributed by atoms with Crippen LogP contribution in [0.25, 0.3) is 10.9 Å². The van der Waals surface area contributed by atoms with Crippen LogP contribution in [0.5, 0.6) is 0 Å². The largest absolute Gasteiger partial charge is 0.352 e. The zero-order valence-electron chi connectivity index (χ0n) is 16.2. The molecule has 6 nitrogen and oxygen atoms in total. The third-order valence-electron chi connectivity index (χ3n) is 7.67. The van der Waals surface area contributed by atoms with Crippen LogP contribution in [-0.4, -0.2) is 46.5 Å². The number of rotatable bonds is 5. The summed E-state index contributed by atoms with van der Waals surface area (Å²) in [5, 5.41) is 11.1. The number of hydrogen-bond acceptors (Lipinski definition) is 3. The van der Waals surface area contributed by atoms with Crippen molar-refractivity contribution in [2.24, 2.45) is 29.1 Å². The fourth-order valence-corrected chi connectivity index (χ4v) is 5.69. The standard InChI is InChI=1S/C22H26N4O2/c1-12-6-13-8-24-25-19(13)15(7-12)20(27)23-9-16-17-10-26(11-18(16)17)21(28)22(4-5-22)14-2-3-14/h6-8,14,16-18H,2-5,9-11H2,1H3,(H,23,27)(H,24,25). The van der Waals surface area contributed by atoms with E-state index in [0.29, 0.717) is 41.7 Å². The number of nitrogens with one attached hydrogen (secondary N) is 2. The highest BCUT2D eigenvalue weighted by Crippen LogP contribution is 2.63. The average Bonchev–Trinajstić information content (AvgIpc) is 3.62. The molecule has 0 bridgehead atoms. The Morgan fingerprint density at radius 3 is 2.68 bits per heavy atom. The first-order chi connectivity index (χ1) is 13.6. The average molecular weight is 378 g/mol. The van der Waals surface area contributed by atoms with E-state index < -0.39 is 0 Å². The minimum atomic E-state index is -0.0403. The Morgan fingerprint density at radius 1 is 1.25 bits per heavy atom. The maximum absolute atomic E-state index is 12.9. The molecule has 2 N–H and O–H groups in total. The van der Waals surface area contributed by atoms with Crippen LogP contribution in [0.1, 0.15) is 41.6 Å². The van der Waals surface area contributed by atoms with E-state index in [9.17, 15) is 9.59 Å². The van der Waals surface area contributed by atoms with Crippen LogP contribution in [0, 0.1) is 36.0 Å². The summed E-state index contributed by atoms with van der Waals surface area (Å²) in [6.07, 6.45) is 6.48. The van der Waals surface area contributed by atoms with Crippen molar-refractivity contribution in [2.75, 3.05) is 19.6 Å². The fraction of sp³-hybridized carbons (Fsp3) is 0.591. The summed E-state index contributed by atoms with van der Waals surface area (Å²) in [5.74, 6) is 2.74. The molecule has 1 aromatic carbocycles. The molecule has 146 valence electrons. The smallest absolute Gasteiger partial charge is 0.253 e. The minimum absolute atomic E-state index is 0.0403. The van der Waals surface area contributed by atoms with Gasteiger partial charge in [-0.25, -0.2) is 0 Å². The van der Waals surface area contributed by atoms with Gasteiger partial charge in [0.05, 0.1) is 22.7 Å². The molecule has 1 saturated heterocycles. The summed E-state index contributed by atoms with van der Waals surface area (Å²) in [6, 6.07) is 3.94. The van der Waals surface area contributed by atoms with Crippen LogP contribution in [0.15, 0.2) is 18.3 Å². The summed E-state index contributed by atoms with van der Waals surface area (Å²) >= 11 is 0. The number of aromatic nitrogens is 2. The van der Waals surface area contributed by atoms with Gasteiger partial charge in [0, 0.05) is 25.0 Å². The highest BCUT2D eigenvalue weighted by Gasteiger charge is 2.64. The number of aromatic amines is 1. The van der Waals surface area contributed by atoms with Crippen LogP contribution in [0.4, 0.5) is 0 Å². The number of likely N-dealkylation sites (tertiary alicyclic amines) is 1. The van der Waals surface area contributed by atoms with Gasteiger partial charge in [0.1, 0.15) is 0 Å².